The van der Waals surface area contributed by atoms with Crippen molar-refractivity contribution in [3.63, 3.8) is 0 Å². The first kappa shape index (κ1) is 11.5. The molecule has 0 fully saturated rings. The van der Waals surface area contributed by atoms with Gasteiger partial charge in [-0.2, -0.15) is 0 Å². The summed E-state index contributed by atoms with van der Waals surface area (Å²) in [6, 6.07) is 13.7. The molecule has 0 radical (unpaired) electrons. The van der Waals surface area contributed by atoms with Crippen molar-refractivity contribution in [1.82, 2.24) is 4.98 Å². The minimum atomic E-state index is 0.875. The number of hydrogen-bond acceptors (Lipinski definition) is 2. The Morgan fingerprint density at radius 1 is 0.895 bits per heavy atom. The molecule has 0 saturated carbocycles. The van der Waals surface area contributed by atoms with Crippen LogP contribution in [-0.4, -0.2) is 4.98 Å². The molecule has 1 nitrogen and oxygen atoms in total. The Morgan fingerprint density at radius 3 is 2.26 bits per heavy atom. The van der Waals surface area contributed by atoms with Crippen molar-refractivity contribution in [3.8, 4) is 35.3 Å². The summed E-state index contributed by atoms with van der Waals surface area (Å²) in [5.74, 6) is 5.25. The number of thiazole rings is 1. The highest BCUT2D eigenvalue weighted by atomic mass is 32.1. The van der Waals surface area contributed by atoms with Crippen molar-refractivity contribution in [2.45, 2.75) is 0 Å². The van der Waals surface area contributed by atoms with E-state index < -0.39 is 0 Å². The first-order valence-corrected chi connectivity index (χ1v) is 6.56. The van der Waals surface area contributed by atoms with Gasteiger partial charge in [0, 0.05) is 16.7 Å². The Hall–Kier alpha value is -2.55. The lowest BCUT2D eigenvalue weighted by molar-refractivity contribution is 1.47. The molecule has 2 aromatic carbocycles. The van der Waals surface area contributed by atoms with Gasteiger partial charge in [0.1, 0.15) is 5.01 Å². The second-order valence-electron chi connectivity index (χ2n) is 4.07. The second kappa shape index (κ2) is 4.61. The van der Waals surface area contributed by atoms with Crippen molar-refractivity contribution in [1.29, 1.82) is 0 Å². The molecule has 0 bridgehead atoms. The zero-order valence-electron chi connectivity index (χ0n) is 10.1. The Kier molecular flexibility index (Phi) is 2.80. The molecule has 0 atom stereocenters. The summed E-state index contributed by atoms with van der Waals surface area (Å²) in [5.41, 5.74) is 3.80. The molecule has 2 heteroatoms. The zero-order chi connectivity index (χ0) is 13.2. The van der Waals surface area contributed by atoms with Crippen molar-refractivity contribution < 1.29 is 0 Å². The predicted molar refractivity (Wildman–Crippen MR) is 80.9 cm³/mol. The average Bonchev–Trinajstić information content (AvgIpc) is 2.90. The van der Waals surface area contributed by atoms with Gasteiger partial charge in [-0.25, -0.2) is 4.98 Å². The molecule has 3 aromatic rings. The van der Waals surface area contributed by atoms with Gasteiger partial charge < -0.3 is 0 Å². The predicted octanol–water partition coefficient (Wildman–Crippen LogP) is 3.93. The lowest BCUT2D eigenvalue weighted by Gasteiger charge is -1.95. The van der Waals surface area contributed by atoms with Gasteiger partial charge in [0.15, 0.2) is 0 Å². The molecule has 19 heavy (non-hydrogen) atoms. The SMILES string of the molecule is C#Cc1ccc(-c2nc3ccc(C#C)cc3s2)cc1. The summed E-state index contributed by atoms with van der Waals surface area (Å²) in [6.45, 7) is 0. The molecule has 88 valence electrons. The number of terminal acetylenes is 2. The molecule has 0 unspecified atom stereocenters. The highest BCUT2D eigenvalue weighted by Gasteiger charge is 2.06. The second-order valence-corrected chi connectivity index (χ2v) is 5.10. The molecule has 1 aromatic heterocycles. The minimum Gasteiger partial charge on any atom is -0.236 e. The number of aromatic nitrogens is 1. The monoisotopic (exact) mass is 259 g/mol. The quantitative estimate of drug-likeness (QED) is 0.603. The highest BCUT2D eigenvalue weighted by molar-refractivity contribution is 7.21. The Morgan fingerprint density at radius 2 is 1.58 bits per heavy atom. The highest BCUT2D eigenvalue weighted by Crippen LogP contribution is 2.30. The van der Waals surface area contributed by atoms with Crippen LogP contribution in [0.4, 0.5) is 0 Å². The molecule has 0 N–H and O–H groups in total. The van der Waals surface area contributed by atoms with E-state index in [1.165, 1.54) is 0 Å². The lowest BCUT2D eigenvalue weighted by atomic mass is 10.1. The molecule has 0 aliphatic carbocycles. The topological polar surface area (TPSA) is 12.9 Å². The van der Waals surface area contributed by atoms with Crippen LogP contribution >= 0.6 is 11.3 Å². The van der Waals surface area contributed by atoms with Gasteiger partial charge in [-0.1, -0.05) is 24.0 Å². The third kappa shape index (κ3) is 2.10. The molecular formula is C17H9NS. The normalized spacial score (nSPS) is 10.0. The van der Waals surface area contributed by atoms with Gasteiger partial charge in [0.2, 0.25) is 0 Å². The number of benzene rings is 2. The molecule has 3 rings (SSSR count). The molecule has 1 heterocycles. The van der Waals surface area contributed by atoms with Gasteiger partial charge in [-0.3, -0.25) is 0 Å². The molecule has 0 saturated heterocycles. The van der Waals surface area contributed by atoms with Gasteiger partial charge in [-0.05, 0) is 30.3 Å². The van der Waals surface area contributed by atoms with Gasteiger partial charge in [0.05, 0.1) is 10.2 Å². The summed E-state index contributed by atoms with van der Waals surface area (Å²) in [7, 11) is 0. The molecular weight excluding hydrogens is 250 g/mol. The van der Waals surface area contributed by atoms with Crippen molar-refractivity contribution >= 4 is 21.6 Å². The van der Waals surface area contributed by atoms with E-state index in [4.69, 9.17) is 12.8 Å². The van der Waals surface area contributed by atoms with E-state index in [-0.39, 0.29) is 0 Å². The van der Waals surface area contributed by atoms with Crippen molar-refractivity contribution in [2.24, 2.45) is 0 Å². The fourth-order valence-electron chi connectivity index (χ4n) is 1.85. The Balaban J connectivity index is 2.10. The van der Waals surface area contributed by atoms with Gasteiger partial charge >= 0.3 is 0 Å². The number of hydrogen-bond donors (Lipinski definition) is 0. The fraction of sp³-hybridized carbons (Fsp3) is 0. The van der Waals surface area contributed by atoms with Crippen LogP contribution in [0.3, 0.4) is 0 Å². The molecule has 0 amide bonds. The van der Waals surface area contributed by atoms with Crippen LogP contribution in [0.1, 0.15) is 11.1 Å². The maximum atomic E-state index is 5.41. The number of rotatable bonds is 1. The van der Waals surface area contributed by atoms with E-state index in [0.717, 1.165) is 31.9 Å². The fourth-order valence-corrected chi connectivity index (χ4v) is 2.86. The smallest absolute Gasteiger partial charge is 0.124 e. The summed E-state index contributed by atoms with van der Waals surface area (Å²) < 4.78 is 1.10. The molecule has 0 aliphatic rings. The van der Waals surface area contributed by atoms with E-state index in [2.05, 4.69) is 16.8 Å². The standard InChI is InChI=1S/C17H9NS/c1-3-12-5-8-14(9-6-12)17-18-15-10-7-13(4-2)11-16(15)19-17/h1-2,5-11H. The summed E-state index contributed by atoms with van der Waals surface area (Å²) in [5, 5.41) is 0.979. The lowest BCUT2D eigenvalue weighted by Crippen LogP contribution is -1.77. The van der Waals surface area contributed by atoms with Crippen LogP contribution in [0, 0.1) is 24.7 Å². The van der Waals surface area contributed by atoms with E-state index in [9.17, 15) is 0 Å². The first-order chi connectivity index (χ1) is 9.30. The van der Waals surface area contributed by atoms with Crippen molar-refractivity contribution in [3.05, 3.63) is 53.6 Å². The van der Waals surface area contributed by atoms with Crippen LogP contribution in [0.25, 0.3) is 20.8 Å². The van der Waals surface area contributed by atoms with Crippen LogP contribution in [0.2, 0.25) is 0 Å². The average molecular weight is 259 g/mol. The minimum absolute atomic E-state index is 0.875. The van der Waals surface area contributed by atoms with E-state index in [1.54, 1.807) is 11.3 Å². The largest absolute Gasteiger partial charge is 0.236 e. The molecule has 0 aliphatic heterocycles. The third-order valence-corrected chi connectivity index (χ3v) is 3.92. The zero-order valence-corrected chi connectivity index (χ0v) is 10.9. The van der Waals surface area contributed by atoms with Crippen molar-refractivity contribution in [2.75, 3.05) is 0 Å². The number of fused-ring (bicyclic) bond motifs is 1. The summed E-state index contributed by atoms with van der Waals surface area (Å²) in [4.78, 5) is 4.61. The van der Waals surface area contributed by atoms with E-state index in [0.29, 0.717) is 0 Å². The van der Waals surface area contributed by atoms with Gasteiger partial charge in [-0.15, -0.1) is 24.2 Å². The third-order valence-electron chi connectivity index (χ3n) is 2.85. The van der Waals surface area contributed by atoms with Gasteiger partial charge in [0.25, 0.3) is 0 Å². The van der Waals surface area contributed by atoms with Crippen LogP contribution in [0.5, 0.6) is 0 Å². The van der Waals surface area contributed by atoms with Crippen LogP contribution in [-0.2, 0) is 0 Å². The summed E-state index contributed by atoms with van der Waals surface area (Å²) >= 11 is 1.64. The Bertz CT molecular complexity index is 826. The van der Waals surface area contributed by atoms with Crippen LogP contribution < -0.4 is 0 Å². The first-order valence-electron chi connectivity index (χ1n) is 5.74. The molecule has 0 spiro atoms. The number of nitrogens with zero attached hydrogens (tertiary/aromatic N) is 1. The maximum absolute atomic E-state index is 5.41. The van der Waals surface area contributed by atoms with E-state index >= 15 is 0 Å². The summed E-state index contributed by atoms with van der Waals surface area (Å²) in [6.07, 6.45) is 10.8. The van der Waals surface area contributed by atoms with E-state index in [1.807, 2.05) is 42.5 Å². The maximum Gasteiger partial charge on any atom is 0.124 e. The van der Waals surface area contributed by atoms with Crippen LogP contribution in [0.15, 0.2) is 42.5 Å². The Labute approximate surface area is 115 Å².